The summed E-state index contributed by atoms with van der Waals surface area (Å²) in [4.78, 5) is 4.32. The van der Waals surface area contributed by atoms with Crippen molar-refractivity contribution < 1.29 is 0 Å². The first-order chi connectivity index (χ1) is 8.65. The number of aryl methyl sites for hydroxylation is 1. The van der Waals surface area contributed by atoms with E-state index in [0.29, 0.717) is 0 Å². The fourth-order valence-corrected chi connectivity index (χ4v) is 6.18. The van der Waals surface area contributed by atoms with Crippen LogP contribution in [0.5, 0.6) is 0 Å². The van der Waals surface area contributed by atoms with Crippen LogP contribution in [0.1, 0.15) is 19.5 Å². The molecule has 0 bridgehead atoms. The van der Waals surface area contributed by atoms with Crippen molar-refractivity contribution in [1.29, 1.82) is 0 Å². The number of fused-ring (bicyclic) bond motifs is 1. The summed E-state index contributed by atoms with van der Waals surface area (Å²) in [5, 5.41) is 1.33. The maximum Gasteiger partial charge on any atom is 0.0842 e. The molecule has 0 radical (unpaired) electrons. The molecular weight excluding hydrogens is 392 g/mol. The van der Waals surface area contributed by atoms with Crippen LogP contribution in [0.15, 0.2) is 40.9 Å². The van der Waals surface area contributed by atoms with Gasteiger partial charge in [-0.1, -0.05) is 34.1 Å². The average molecular weight is 402 g/mol. The summed E-state index contributed by atoms with van der Waals surface area (Å²) in [5.41, 5.74) is 0. The number of benzene rings is 1. The molecule has 0 nitrogen and oxygen atoms in total. The quantitative estimate of drug-likeness (QED) is 0.429. The number of thiophene rings is 2. The van der Waals surface area contributed by atoms with E-state index in [4.69, 9.17) is 0 Å². The predicted molar refractivity (Wildman–Crippen MR) is 89.4 cm³/mol. The van der Waals surface area contributed by atoms with Gasteiger partial charge in [0.2, 0.25) is 0 Å². The topological polar surface area (TPSA) is 0 Å². The van der Waals surface area contributed by atoms with E-state index in [1.807, 2.05) is 22.7 Å². The zero-order chi connectivity index (χ0) is 12.7. The van der Waals surface area contributed by atoms with Gasteiger partial charge in [0.05, 0.1) is 4.83 Å². The third-order valence-electron chi connectivity index (χ3n) is 2.76. The third kappa shape index (κ3) is 2.31. The van der Waals surface area contributed by atoms with E-state index in [9.17, 15) is 0 Å². The molecule has 1 atom stereocenters. The van der Waals surface area contributed by atoms with Crippen molar-refractivity contribution in [2.24, 2.45) is 0 Å². The third-order valence-corrected chi connectivity index (χ3v) is 7.53. The number of hydrogen-bond donors (Lipinski definition) is 0. The van der Waals surface area contributed by atoms with Gasteiger partial charge in [0.15, 0.2) is 0 Å². The number of rotatable bonds is 2. The van der Waals surface area contributed by atoms with E-state index in [1.54, 1.807) is 0 Å². The summed E-state index contributed by atoms with van der Waals surface area (Å²) in [5.74, 6) is 0. The average Bonchev–Trinajstić information content (AvgIpc) is 2.91. The van der Waals surface area contributed by atoms with Crippen LogP contribution in [0.4, 0.5) is 0 Å². The highest BCUT2D eigenvalue weighted by molar-refractivity contribution is 9.11. The second-order valence-electron chi connectivity index (χ2n) is 4.12. The molecule has 18 heavy (non-hydrogen) atoms. The van der Waals surface area contributed by atoms with Gasteiger partial charge in [0.25, 0.3) is 0 Å². The van der Waals surface area contributed by atoms with E-state index in [2.05, 4.69) is 75.2 Å². The molecule has 2 heterocycles. The van der Waals surface area contributed by atoms with Crippen LogP contribution in [0.25, 0.3) is 10.1 Å². The first kappa shape index (κ1) is 12.9. The van der Waals surface area contributed by atoms with Crippen LogP contribution < -0.4 is 0 Å². The first-order valence-corrected chi connectivity index (χ1v) is 8.87. The SMILES string of the molecule is Cc1cc(Br)c(C(Br)c2cc3ccccc3s2)s1. The fraction of sp³-hybridized carbons (Fsp3) is 0.143. The smallest absolute Gasteiger partial charge is 0.0842 e. The second kappa shape index (κ2) is 5.08. The van der Waals surface area contributed by atoms with Gasteiger partial charge in [-0.2, -0.15) is 0 Å². The zero-order valence-corrected chi connectivity index (χ0v) is 14.4. The lowest BCUT2D eigenvalue weighted by molar-refractivity contribution is 1.27. The molecule has 2 aromatic heterocycles. The van der Waals surface area contributed by atoms with Gasteiger partial charge in [0.1, 0.15) is 0 Å². The summed E-state index contributed by atoms with van der Waals surface area (Å²) in [7, 11) is 0. The van der Waals surface area contributed by atoms with Gasteiger partial charge in [-0.25, -0.2) is 0 Å². The molecular formula is C14H10Br2S2. The molecule has 4 heteroatoms. The number of halogens is 2. The van der Waals surface area contributed by atoms with Crippen molar-refractivity contribution in [2.45, 2.75) is 11.8 Å². The van der Waals surface area contributed by atoms with E-state index < -0.39 is 0 Å². The Labute approximate surface area is 131 Å². The van der Waals surface area contributed by atoms with Crippen molar-refractivity contribution >= 4 is 64.6 Å². The van der Waals surface area contributed by atoms with Gasteiger partial charge in [-0.3, -0.25) is 0 Å². The number of hydrogen-bond acceptors (Lipinski definition) is 2. The largest absolute Gasteiger partial charge is 0.143 e. The normalized spacial score (nSPS) is 13.1. The predicted octanol–water partition coefficient (Wildman–Crippen LogP) is 6.52. The minimum Gasteiger partial charge on any atom is -0.143 e. The zero-order valence-electron chi connectivity index (χ0n) is 9.61. The lowest BCUT2D eigenvalue weighted by atomic mass is 10.2. The molecule has 0 aliphatic heterocycles. The van der Waals surface area contributed by atoms with Crippen LogP contribution in [0.3, 0.4) is 0 Å². The molecule has 0 spiro atoms. The summed E-state index contributed by atoms with van der Waals surface area (Å²) in [6, 6.07) is 13.0. The van der Waals surface area contributed by atoms with Gasteiger partial charge < -0.3 is 0 Å². The Kier molecular flexibility index (Phi) is 3.63. The molecule has 1 unspecified atom stereocenters. The van der Waals surface area contributed by atoms with Gasteiger partial charge in [0, 0.05) is 23.8 Å². The van der Waals surface area contributed by atoms with Crippen LogP contribution in [0, 0.1) is 6.92 Å². The molecule has 1 aromatic carbocycles. The van der Waals surface area contributed by atoms with Gasteiger partial charge in [-0.05, 0) is 46.4 Å². The lowest BCUT2D eigenvalue weighted by Crippen LogP contribution is -1.85. The van der Waals surface area contributed by atoms with Crippen LogP contribution in [0.2, 0.25) is 0 Å². The van der Waals surface area contributed by atoms with Crippen LogP contribution in [-0.2, 0) is 0 Å². The van der Waals surface area contributed by atoms with E-state index in [-0.39, 0.29) is 4.83 Å². The van der Waals surface area contributed by atoms with E-state index >= 15 is 0 Å². The molecule has 3 rings (SSSR count). The monoisotopic (exact) mass is 400 g/mol. The molecule has 0 fully saturated rings. The van der Waals surface area contributed by atoms with E-state index in [1.165, 1.54) is 29.2 Å². The molecule has 92 valence electrons. The summed E-state index contributed by atoms with van der Waals surface area (Å²) in [6.45, 7) is 2.14. The Morgan fingerprint density at radius 1 is 1.11 bits per heavy atom. The highest BCUT2D eigenvalue weighted by atomic mass is 79.9. The second-order valence-corrected chi connectivity index (χ2v) is 8.29. The van der Waals surface area contributed by atoms with Crippen molar-refractivity contribution in [3.63, 3.8) is 0 Å². The highest BCUT2D eigenvalue weighted by Gasteiger charge is 2.18. The Morgan fingerprint density at radius 3 is 2.56 bits per heavy atom. The van der Waals surface area contributed by atoms with Crippen molar-refractivity contribution in [3.8, 4) is 0 Å². The Morgan fingerprint density at radius 2 is 1.89 bits per heavy atom. The van der Waals surface area contributed by atoms with Gasteiger partial charge in [-0.15, -0.1) is 22.7 Å². The molecule has 0 aliphatic carbocycles. The Bertz CT molecular complexity index is 664. The minimum absolute atomic E-state index is 0.281. The maximum absolute atomic E-state index is 3.83. The Balaban J connectivity index is 2.06. The highest BCUT2D eigenvalue weighted by Crippen LogP contribution is 2.44. The van der Waals surface area contributed by atoms with Crippen molar-refractivity contribution in [3.05, 3.63) is 55.5 Å². The first-order valence-electron chi connectivity index (χ1n) is 5.53. The summed E-state index contributed by atoms with van der Waals surface area (Å²) < 4.78 is 2.55. The van der Waals surface area contributed by atoms with Crippen molar-refractivity contribution in [2.75, 3.05) is 0 Å². The summed E-state index contributed by atoms with van der Waals surface area (Å²) >= 11 is 11.2. The molecule has 3 aromatic rings. The molecule has 0 saturated heterocycles. The molecule has 0 N–H and O–H groups in total. The van der Waals surface area contributed by atoms with Crippen LogP contribution in [-0.4, -0.2) is 0 Å². The van der Waals surface area contributed by atoms with Gasteiger partial charge >= 0.3 is 0 Å². The Hall–Kier alpha value is -0.160. The maximum atomic E-state index is 3.83. The molecule has 0 amide bonds. The molecule has 0 aliphatic rings. The van der Waals surface area contributed by atoms with E-state index in [0.717, 1.165) is 0 Å². The fourth-order valence-electron chi connectivity index (χ4n) is 1.93. The lowest BCUT2D eigenvalue weighted by Gasteiger charge is -2.05. The minimum atomic E-state index is 0.281. The van der Waals surface area contributed by atoms with Crippen LogP contribution >= 0.6 is 54.5 Å². The summed E-state index contributed by atoms with van der Waals surface area (Å²) in [6.07, 6.45) is 0. The molecule has 0 saturated carbocycles. The standard InChI is InChI=1S/C14H10Br2S2/c1-8-6-10(15)14(17-8)13(16)12-7-9-4-2-3-5-11(9)18-12/h2-7,13H,1H3. The van der Waals surface area contributed by atoms with Crippen molar-refractivity contribution in [1.82, 2.24) is 0 Å². The number of alkyl halides is 1.